The van der Waals surface area contributed by atoms with Crippen LogP contribution in [0.4, 0.5) is 0 Å². The SMILES string of the molecule is COC(=O)[C@@H]1[C@H](c2ccccc2)[C@H]1c1ccc(-c2cnc(-c3ccccc3)o2)cc1. The van der Waals surface area contributed by atoms with Crippen LogP contribution in [-0.4, -0.2) is 18.1 Å². The standard InChI is InChI=1S/C26H21NO3/c1-29-26(28)24-22(18-8-4-2-5-9-18)23(24)19-14-12-17(13-15-19)21-16-27-25(30-21)20-10-6-3-7-11-20/h2-16,22-24H,1H3/t22-,23-,24-/m1/s1. The van der Waals surface area contributed by atoms with Crippen LogP contribution in [-0.2, 0) is 9.53 Å². The molecule has 0 bridgehead atoms. The molecule has 5 rings (SSSR count). The number of benzene rings is 3. The van der Waals surface area contributed by atoms with Gasteiger partial charge in [0.1, 0.15) is 0 Å². The molecule has 0 aliphatic heterocycles. The van der Waals surface area contributed by atoms with Crippen LogP contribution in [0.15, 0.2) is 95.5 Å². The molecule has 3 atom stereocenters. The van der Waals surface area contributed by atoms with Crippen molar-refractivity contribution in [2.45, 2.75) is 11.8 Å². The van der Waals surface area contributed by atoms with Crippen molar-refractivity contribution in [3.05, 3.63) is 102 Å². The summed E-state index contributed by atoms with van der Waals surface area (Å²) in [5.41, 5.74) is 4.21. The van der Waals surface area contributed by atoms with Crippen molar-refractivity contribution in [1.82, 2.24) is 4.98 Å². The molecule has 4 aromatic rings. The number of aromatic nitrogens is 1. The van der Waals surface area contributed by atoms with Crippen LogP contribution in [0, 0.1) is 5.92 Å². The molecule has 0 amide bonds. The smallest absolute Gasteiger partial charge is 0.309 e. The summed E-state index contributed by atoms with van der Waals surface area (Å²) in [5, 5.41) is 0. The summed E-state index contributed by atoms with van der Waals surface area (Å²) in [6.45, 7) is 0. The van der Waals surface area contributed by atoms with E-state index in [-0.39, 0.29) is 23.7 Å². The molecule has 148 valence electrons. The number of carbonyl (C=O) groups is 1. The Labute approximate surface area is 175 Å². The first kappa shape index (κ1) is 18.4. The summed E-state index contributed by atoms with van der Waals surface area (Å²) in [6, 6.07) is 28.2. The largest absolute Gasteiger partial charge is 0.469 e. The molecule has 1 heterocycles. The zero-order valence-corrected chi connectivity index (χ0v) is 16.6. The zero-order chi connectivity index (χ0) is 20.5. The minimum atomic E-state index is -0.152. The van der Waals surface area contributed by atoms with Gasteiger partial charge in [-0.3, -0.25) is 4.79 Å². The Kier molecular flexibility index (Phi) is 4.68. The Morgan fingerprint density at radius 3 is 2.03 bits per heavy atom. The van der Waals surface area contributed by atoms with Gasteiger partial charge in [-0.2, -0.15) is 0 Å². The van der Waals surface area contributed by atoms with Crippen LogP contribution in [0.25, 0.3) is 22.8 Å². The third-order valence-corrected chi connectivity index (χ3v) is 5.78. The maximum Gasteiger partial charge on any atom is 0.309 e. The predicted molar refractivity (Wildman–Crippen MR) is 115 cm³/mol. The van der Waals surface area contributed by atoms with Crippen LogP contribution in [0.5, 0.6) is 0 Å². The minimum absolute atomic E-state index is 0.128. The van der Waals surface area contributed by atoms with Gasteiger partial charge < -0.3 is 9.15 Å². The van der Waals surface area contributed by atoms with Crippen LogP contribution < -0.4 is 0 Å². The van der Waals surface area contributed by atoms with Gasteiger partial charge >= 0.3 is 5.97 Å². The fourth-order valence-corrected chi connectivity index (χ4v) is 4.24. The van der Waals surface area contributed by atoms with E-state index in [2.05, 4.69) is 29.2 Å². The highest BCUT2D eigenvalue weighted by molar-refractivity contribution is 5.80. The third-order valence-electron chi connectivity index (χ3n) is 5.78. The van der Waals surface area contributed by atoms with E-state index in [9.17, 15) is 4.79 Å². The van der Waals surface area contributed by atoms with Gasteiger partial charge in [0, 0.05) is 23.0 Å². The quantitative estimate of drug-likeness (QED) is 0.408. The number of hydrogen-bond donors (Lipinski definition) is 0. The molecule has 1 aromatic heterocycles. The topological polar surface area (TPSA) is 52.3 Å². The normalized spacial score (nSPS) is 20.0. The Bertz CT molecular complexity index is 1150. The van der Waals surface area contributed by atoms with E-state index in [1.807, 2.05) is 60.7 Å². The van der Waals surface area contributed by atoms with Crippen LogP contribution in [0.3, 0.4) is 0 Å². The van der Waals surface area contributed by atoms with Crippen molar-refractivity contribution >= 4 is 5.97 Å². The lowest BCUT2D eigenvalue weighted by Crippen LogP contribution is -2.05. The Hall–Kier alpha value is -3.66. The fourth-order valence-electron chi connectivity index (χ4n) is 4.24. The van der Waals surface area contributed by atoms with Crippen LogP contribution >= 0.6 is 0 Å². The van der Waals surface area contributed by atoms with Gasteiger partial charge in [-0.15, -0.1) is 0 Å². The maximum atomic E-state index is 12.3. The average molecular weight is 395 g/mol. The molecule has 0 radical (unpaired) electrons. The number of esters is 1. The second kappa shape index (κ2) is 7.64. The molecular weight excluding hydrogens is 374 g/mol. The molecular formula is C26H21NO3. The first-order valence-electron chi connectivity index (χ1n) is 10.0. The lowest BCUT2D eigenvalue weighted by Gasteiger charge is -2.03. The van der Waals surface area contributed by atoms with E-state index in [0.717, 1.165) is 22.5 Å². The molecule has 0 N–H and O–H groups in total. The Balaban J connectivity index is 1.40. The van der Waals surface area contributed by atoms with Gasteiger partial charge in [0.2, 0.25) is 5.89 Å². The lowest BCUT2D eigenvalue weighted by molar-refractivity contribution is -0.142. The molecule has 4 nitrogen and oxygen atoms in total. The average Bonchev–Trinajstić information content (AvgIpc) is 3.37. The van der Waals surface area contributed by atoms with Crippen molar-refractivity contribution in [3.8, 4) is 22.8 Å². The highest BCUT2D eigenvalue weighted by atomic mass is 16.5. The van der Waals surface area contributed by atoms with Crippen molar-refractivity contribution in [3.63, 3.8) is 0 Å². The molecule has 1 saturated carbocycles. The fraction of sp³-hybridized carbons (Fsp3) is 0.154. The third kappa shape index (κ3) is 3.30. The Morgan fingerprint density at radius 2 is 1.40 bits per heavy atom. The zero-order valence-electron chi connectivity index (χ0n) is 16.6. The van der Waals surface area contributed by atoms with E-state index < -0.39 is 0 Å². The van der Waals surface area contributed by atoms with E-state index >= 15 is 0 Å². The number of nitrogens with zero attached hydrogens (tertiary/aromatic N) is 1. The lowest BCUT2D eigenvalue weighted by atomic mass is 10.0. The second-order valence-corrected chi connectivity index (χ2v) is 7.53. The molecule has 0 unspecified atom stereocenters. The maximum absolute atomic E-state index is 12.3. The monoisotopic (exact) mass is 395 g/mol. The van der Waals surface area contributed by atoms with E-state index in [1.54, 1.807) is 6.20 Å². The summed E-state index contributed by atoms with van der Waals surface area (Å²) in [4.78, 5) is 16.7. The van der Waals surface area contributed by atoms with E-state index in [0.29, 0.717) is 5.89 Å². The number of ether oxygens (including phenoxy) is 1. The van der Waals surface area contributed by atoms with Crippen LogP contribution in [0.2, 0.25) is 0 Å². The molecule has 1 aliphatic carbocycles. The molecule has 3 aromatic carbocycles. The van der Waals surface area contributed by atoms with Gasteiger partial charge in [-0.1, -0.05) is 72.8 Å². The van der Waals surface area contributed by atoms with Gasteiger partial charge in [0.15, 0.2) is 5.76 Å². The first-order valence-corrected chi connectivity index (χ1v) is 10.0. The van der Waals surface area contributed by atoms with Crippen molar-refractivity contribution in [2.75, 3.05) is 7.11 Å². The number of hydrogen-bond acceptors (Lipinski definition) is 4. The molecule has 0 spiro atoms. The summed E-state index contributed by atoms with van der Waals surface area (Å²) < 4.78 is 11.0. The molecule has 1 aliphatic rings. The molecule has 30 heavy (non-hydrogen) atoms. The van der Waals surface area contributed by atoms with Gasteiger partial charge in [-0.25, -0.2) is 4.98 Å². The van der Waals surface area contributed by atoms with Crippen molar-refractivity contribution in [1.29, 1.82) is 0 Å². The predicted octanol–water partition coefficient (Wildman–Crippen LogP) is 5.68. The second-order valence-electron chi connectivity index (χ2n) is 7.53. The summed E-state index contributed by atoms with van der Waals surface area (Å²) in [7, 11) is 1.46. The first-order chi connectivity index (χ1) is 14.8. The summed E-state index contributed by atoms with van der Waals surface area (Å²) >= 11 is 0. The number of oxazole rings is 1. The number of methoxy groups -OCH3 is 1. The van der Waals surface area contributed by atoms with Crippen molar-refractivity contribution < 1.29 is 13.9 Å². The molecule has 0 saturated heterocycles. The van der Waals surface area contributed by atoms with Gasteiger partial charge in [-0.05, 0) is 23.3 Å². The van der Waals surface area contributed by atoms with Gasteiger partial charge in [0.25, 0.3) is 0 Å². The van der Waals surface area contributed by atoms with Gasteiger partial charge in [0.05, 0.1) is 19.2 Å². The minimum Gasteiger partial charge on any atom is -0.469 e. The number of carbonyl (C=O) groups excluding carboxylic acids is 1. The molecule has 4 heteroatoms. The Morgan fingerprint density at radius 1 is 0.800 bits per heavy atom. The summed E-state index contributed by atoms with van der Waals surface area (Å²) in [5.74, 6) is 1.31. The highest BCUT2D eigenvalue weighted by Gasteiger charge is 2.56. The van der Waals surface area contributed by atoms with Crippen LogP contribution in [0.1, 0.15) is 23.0 Å². The highest BCUT2D eigenvalue weighted by Crippen LogP contribution is 2.61. The molecule has 1 fully saturated rings. The van der Waals surface area contributed by atoms with E-state index in [4.69, 9.17) is 9.15 Å². The van der Waals surface area contributed by atoms with Crippen molar-refractivity contribution in [2.24, 2.45) is 5.92 Å². The van der Waals surface area contributed by atoms with E-state index in [1.165, 1.54) is 12.7 Å². The summed E-state index contributed by atoms with van der Waals surface area (Å²) in [6.07, 6.45) is 1.75. The number of rotatable bonds is 5.